The number of rotatable bonds is 4. The number of nitrogens with zero attached hydrogens (tertiary/aromatic N) is 2. The summed E-state index contributed by atoms with van der Waals surface area (Å²) in [4.78, 5) is 7.15. The van der Waals surface area contributed by atoms with Crippen LogP contribution in [-0.4, -0.2) is 36.8 Å². The molecule has 0 spiro atoms. The SMILES string of the molecule is C/C=C(/N=C(/C)C(Br)=C(C)C)N1CCC(NC)CC1.CCC. The number of piperidine rings is 1. The third-order valence-electron chi connectivity index (χ3n) is 3.52. The van der Waals surface area contributed by atoms with Crippen molar-refractivity contribution in [3.8, 4) is 0 Å². The maximum absolute atomic E-state index is 4.77. The molecule has 1 aliphatic heterocycles. The minimum Gasteiger partial charge on any atom is -0.357 e. The summed E-state index contributed by atoms with van der Waals surface area (Å²) in [5.41, 5.74) is 2.30. The maximum atomic E-state index is 4.77. The van der Waals surface area contributed by atoms with Gasteiger partial charge < -0.3 is 10.2 Å². The Morgan fingerprint density at radius 2 is 1.73 bits per heavy atom. The van der Waals surface area contributed by atoms with Gasteiger partial charge in [0, 0.05) is 23.6 Å². The van der Waals surface area contributed by atoms with Crippen molar-refractivity contribution in [2.45, 2.75) is 66.8 Å². The average Bonchev–Trinajstić information content (AvgIpc) is 2.52. The summed E-state index contributed by atoms with van der Waals surface area (Å²) in [6.45, 7) is 14.7. The summed E-state index contributed by atoms with van der Waals surface area (Å²) in [6.07, 6.45) is 5.73. The molecule has 0 saturated carbocycles. The fraction of sp³-hybridized carbons (Fsp3) is 0.722. The van der Waals surface area contributed by atoms with E-state index in [9.17, 15) is 0 Å². The van der Waals surface area contributed by atoms with Crippen LogP contribution in [0, 0.1) is 0 Å². The van der Waals surface area contributed by atoms with E-state index in [1.807, 2.05) is 7.05 Å². The molecule has 4 heteroatoms. The van der Waals surface area contributed by atoms with Crippen LogP contribution >= 0.6 is 15.9 Å². The number of hydrogen-bond donors (Lipinski definition) is 1. The molecule has 1 aliphatic rings. The van der Waals surface area contributed by atoms with Crippen molar-refractivity contribution >= 4 is 21.6 Å². The molecular formula is C18H34BrN3. The van der Waals surface area contributed by atoms with Gasteiger partial charge in [-0.3, -0.25) is 0 Å². The van der Waals surface area contributed by atoms with Gasteiger partial charge in [0.15, 0.2) is 0 Å². The second kappa shape index (κ2) is 11.9. The van der Waals surface area contributed by atoms with Crippen molar-refractivity contribution in [3.63, 3.8) is 0 Å². The molecule has 1 fully saturated rings. The highest BCUT2D eigenvalue weighted by Crippen LogP contribution is 2.19. The van der Waals surface area contributed by atoms with Gasteiger partial charge in [-0.15, -0.1) is 0 Å². The molecule has 0 aromatic rings. The molecule has 0 unspecified atom stereocenters. The number of likely N-dealkylation sites (tertiary alicyclic amines) is 1. The highest BCUT2D eigenvalue weighted by Gasteiger charge is 2.19. The standard InChI is InChI=1S/C15H26BrN3.C3H8/c1-6-14(18-12(4)15(16)11(2)3)19-9-7-13(17-5)8-10-19;1-3-2/h6,13,17H,7-10H2,1-5H3;3H2,1-2H3/b14-6-,18-12-;. The van der Waals surface area contributed by atoms with Gasteiger partial charge >= 0.3 is 0 Å². The fourth-order valence-electron chi connectivity index (χ4n) is 2.30. The molecule has 128 valence electrons. The molecule has 22 heavy (non-hydrogen) atoms. The number of aliphatic imine (C=N–C) groups is 1. The van der Waals surface area contributed by atoms with Crippen molar-refractivity contribution < 1.29 is 0 Å². The second-order valence-corrected chi connectivity index (χ2v) is 6.71. The van der Waals surface area contributed by atoms with Crippen LogP contribution in [0.15, 0.2) is 26.9 Å². The normalized spacial score (nSPS) is 17.0. The Kier molecular flexibility index (Phi) is 11.6. The third kappa shape index (κ3) is 7.59. The first-order valence-electron chi connectivity index (χ1n) is 8.38. The lowest BCUT2D eigenvalue weighted by atomic mass is 10.1. The molecule has 1 N–H and O–H groups in total. The van der Waals surface area contributed by atoms with Gasteiger partial charge in [-0.2, -0.15) is 0 Å². The zero-order valence-electron chi connectivity index (χ0n) is 15.5. The molecule has 0 bridgehead atoms. The monoisotopic (exact) mass is 371 g/mol. The topological polar surface area (TPSA) is 27.6 Å². The van der Waals surface area contributed by atoms with E-state index in [1.165, 1.54) is 24.8 Å². The molecular weight excluding hydrogens is 338 g/mol. The van der Waals surface area contributed by atoms with Crippen LogP contribution in [0.25, 0.3) is 0 Å². The minimum absolute atomic E-state index is 0.656. The van der Waals surface area contributed by atoms with Crippen LogP contribution < -0.4 is 5.32 Å². The van der Waals surface area contributed by atoms with E-state index in [0.717, 1.165) is 29.1 Å². The Morgan fingerprint density at radius 1 is 1.23 bits per heavy atom. The Hall–Kier alpha value is -0.610. The van der Waals surface area contributed by atoms with Crippen molar-refractivity contribution in [2.75, 3.05) is 20.1 Å². The van der Waals surface area contributed by atoms with E-state index in [1.54, 1.807) is 0 Å². The predicted molar refractivity (Wildman–Crippen MR) is 104 cm³/mol. The maximum Gasteiger partial charge on any atom is 0.124 e. The zero-order valence-corrected chi connectivity index (χ0v) is 17.0. The van der Waals surface area contributed by atoms with Gasteiger partial charge in [0.25, 0.3) is 0 Å². The average molecular weight is 372 g/mol. The molecule has 0 atom stereocenters. The third-order valence-corrected chi connectivity index (χ3v) is 4.89. The lowest BCUT2D eigenvalue weighted by Gasteiger charge is -2.33. The largest absolute Gasteiger partial charge is 0.357 e. The van der Waals surface area contributed by atoms with E-state index in [0.29, 0.717) is 6.04 Å². The van der Waals surface area contributed by atoms with Gasteiger partial charge in [0.05, 0.1) is 5.71 Å². The summed E-state index contributed by atoms with van der Waals surface area (Å²) in [5.74, 6) is 1.09. The predicted octanol–water partition coefficient (Wildman–Crippen LogP) is 5.10. The second-order valence-electron chi connectivity index (χ2n) is 5.92. The van der Waals surface area contributed by atoms with Crippen LogP contribution in [0.4, 0.5) is 0 Å². The van der Waals surface area contributed by atoms with E-state index in [4.69, 9.17) is 4.99 Å². The van der Waals surface area contributed by atoms with Gasteiger partial charge in [-0.25, -0.2) is 4.99 Å². The van der Waals surface area contributed by atoms with Gasteiger partial charge in [0.2, 0.25) is 0 Å². The Morgan fingerprint density at radius 3 is 2.09 bits per heavy atom. The summed E-state index contributed by atoms with van der Waals surface area (Å²) in [6, 6.07) is 0.656. The Balaban J connectivity index is 0.00000135. The van der Waals surface area contributed by atoms with Crippen molar-refractivity contribution in [2.24, 2.45) is 4.99 Å². The summed E-state index contributed by atoms with van der Waals surface area (Å²) < 4.78 is 1.11. The molecule has 1 saturated heterocycles. The van der Waals surface area contributed by atoms with Crippen molar-refractivity contribution in [1.82, 2.24) is 10.2 Å². The van der Waals surface area contributed by atoms with E-state index in [2.05, 4.69) is 73.8 Å². The molecule has 1 heterocycles. The Labute approximate surface area is 146 Å². The van der Waals surface area contributed by atoms with E-state index < -0.39 is 0 Å². The molecule has 1 rings (SSSR count). The molecule has 0 radical (unpaired) electrons. The number of nitrogens with one attached hydrogen (secondary N) is 1. The number of hydrogen-bond acceptors (Lipinski definition) is 3. The quantitative estimate of drug-likeness (QED) is 0.696. The van der Waals surface area contributed by atoms with Crippen LogP contribution in [0.5, 0.6) is 0 Å². The first-order valence-corrected chi connectivity index (χ1v) is 9.17. The molecule has 0 aromatic heterocycles. The minimum atomic E-state index is 0.656. The lowest BCUT2D eigenvalue weighted by Crippen LogP contribution is -2.40. The highest BCUT2D eigenvalue weighted by molar-refractivity contribution is 9.12. The Bertz CT molecular complexity index is 399. The smallest absolute Gasteiger partial charge is 0.124 e. The lowest BCUT2D eigenvalue weighted by molar-refractivity contribution is 0.246. The summed E-state index contributed by atoms with van der Waals surface area (Å²) in [7, 11) is 2.05. The van der Waals surface area contributed by atoms with Crippen LogP contribution in [0.1, 0.15) is 60.8 Å². The van der Waals surface area contributed by atoms with Crippen LogP contribution in [0.2, 0.25) is 0 Å². The number of halogens is 1. The van der Waals surface area contributed by atoms with E-state index >= 15 is 0 Å². The van der Waals surface area contributed by atoms with Crippen molar-refractivity contribution in [1.29, 1.82) is 0 Å². The van der Waals surface area contributed by atoms with E-state index in [-0.39, 0.29) is 0 Å². The first kappa shape index (κ1) is 21.4. The van der Waals surface area contributed by atoms with Crippen LogP contribution in [-0.2, 0) is 0 Å². The van der Waals surface area contributed by atoms with Gasteiger partial charge in [-0.1, -0.05) is 25.8 Å². The first-order chi connectivity index (χ1) is 10.4. The molecule has 3 nitrogen and oxygen atoms in total. The van der Waals surface area contributed by atoms with Crippen LogP contribution in [0.3, 0.4) is 0 Å². The highest BCUT2D eigenvalue weighted by atomic mass is 79.9. The molecule has 0 aliphatic carbocycles. The molecule has 0 amide bonds. The number of allylic oxidation sites excluding steroid dienone is 3. The van der Waals surface area contributed by atoms with Gasteiger partial charge in [0.1, 0.15) is 5.82 Å². The van der Waals surface area contributed by atoms with Crippen molar-refractivity contribution in [3.05, 3.63) is 22.0 Å². The summed E-state index contributed by atoms with van der Waals surface area (Å²) in [5, 5.41) is 3.36. The summed E-state index contributed by atoms with van der Waals surface area (Å²) >= 11 is 3.60. The zero-order chi connectivity index (χ0) is 17.1. The molecule has 0 aromatic carbocycles. The van der Waals surface area contributed by atoms with Gasteiger partial charge in [-0.05, 0) is 69.6 Å². The fourth-order valence-corrected chi connectivity index (χ4v) is 2.39.